The molecule has 1 aliphatic heterocycles. The molecule has 4 rings (SSSR count). The molecule has 1 aliphatic rings. The molecule has 0 amide bonds. The molecule has 1 atom stereocenters. The summed E-state index contributed by atoms with van der Waals surface area (Å²) in [5.74, 6) is -2.03. The molecule has 2 aromatic carbocycles. The van der Waals surface area contributed by atoms with E-state index in [0.717, 1.165) is 11.6 Å². The molecule has 3 aromatic rings. The number of hydrogen-bond acceptors (Lipinski definition) is 5. The Morgan fingerprint density at radius 2 is 1.75 bits per heavy atom. The largest absolute Gasteiger partial charge is 0.461 e. The molecule has 0 radical (unpaired) electrons. The smallest absolute Gasteiger partial charge is 0.416 e. The number of allylic oxidation sites excluding steroid dienone is 1. The first kappa shape index (κ1) is 25.2. The highest BCUT2D eigenvalue weighted by molar-refractivity contribution is 5.94. The fourth-order valence-corrected chi connectivity index (χ4v) is 4.45. The van der Waals surface area contributed by atoms with Gasteiger partial charge >= 0.3 is 12.1 Å². The van der Waals surface area contributed by atoms with Crippen molar-refractivity contribution < 1.29 is 22.7 Å². The van der Waals surface area contributed by atoms with Crippen molar-refractivity contribution in [1.29, 1.82) is 0 Å². The maximum absolute atomic E-state index is 13.9. The Kier molecular flexibility index (Phi) is 7.30. The normalized spacial score (nSPS) is 15.4. The molecule has 0 saturated carbocycles. The molecule has 1 aromatic heterocycles. The van der Waals surface area contributed by atoms with Gasteiger partial charge in [-0.2, -0.15) is 13.2 Å². The zero-order valence-electron chi connectivity index (χ0n) is 19.9. The number of halogens is 3. The summed E-state index contributed by atoms with van der Waals surface area (Å²) in [6.45, 7) is 2.68. The van der Waals surface area contributed by atoms with Crippen LogP contribution in [0, 0.1) is 0 Å². The third-order valence-corrected chi connectivity index (χ3v) is 6.10. The fourth-order valence-electron chi connectivity index (χ4n) is 4.45. The predicted molar refractivity (Wildman–Crippen MR) is 130 cm³/mol. The standard InChI is InChI=1S/C27H26F3N3O3/c1-17-22(26(35)36-15-14-33(2)16-18-8-4-3-5-9-18)23(24-21(32-17)12-13-31-25(24)34)19-10-6-7-11-20(19)27(28,29)30/h3-13,23,32H,14-16H2,1-2H3,(H,31,34). The van der Waals surface area contributed by atoms with Crippen molar-refractivity contribution in [2.75, 3.05) is 25.5 Å². The van der Waals surface area contributed by atoms with Crippen molar-refractivity contribution in [3.8, 4) is 0 Å². The van der Waals surface area contributed by atoms with Crippen molar-refractivity contribution >= 4 is 11.7 Å². The van der Waals surface area contributed by atoms with Crippen molar-refractivity contribution in [3.05, 3.63) is 111 Å². The number of nitrogens with one attached hydrogen (secondary N) is 2. The van der Waals surface area contributed by atoms with Crippen molar-refractivity contribution in [3.63, 3.8) is 0 Å². The molecule has 1 unspecified atom stereocenters. The van der Waals surface area contributed by atoms with E-state index in [4.69, 9.17) is 4.74 Å². The van der Waals surface area contributed by atoms with E-state index in [1.165, 1.54) is 24.4 Å². The number of anilines is 1. The summed E-state index contributed by atoms with van der Waals surface area (Å²) in [4.78, 5) is 30.6. The predicted octanol–water partition coefficient (Wildman–Crippen LogP) is 4.90. The third-order valence-electron chi connectivity index (χ3n) is 6.10. The van der Waals surface area contributed by atoms with E-state index in [1.807, 2.05) is 42.3 Å². The van der Waals surface area contributed by atoms with Crippen LogP contribution in [0.4, 0.5) is 18.9 Å². The molecular formula is C27H26F3N3O3. The molecule has 36 heavy (non-hydrogen) atoms. The average molecular weight is 498 g/mol. The zero-order chi connectivity index (χ0) is 25.9. The van der Waals surface area contributed by atoms with Gasteiger partial charge in [-0.3, -0.25) is 9.69 Å². The van der Waals surface area contributed by atoms with Crippen LogP contribution in [0.25, 0.3) is 0 Å². The lowest BCUT2D eigenvalue weighted by atomic mass is 9.79. The van der Waals surface area contributed by atoms with Crippen molar-refractivity contribution in [2.24, 2.45) is 0 Å². The van der Waals surface area contributed by atoms with Gasteiger partial charge in [0.15, 0.2) is 0 Å². The van der Waals surface area contributed by atoms with E-state index < -0.39 is 29.2 Å². The van der Waals surface area contributed by atoms with Gasteiger partial charge in [0.25, 0.3) is 5.56 Å². The first-order valence-corrected chi connectivity index (χ1v) is 11.4. The van der Waals surface area contributed by atoms with E-state index in [9.17, 15) is 22.8 Å². The number of aromatic amines is 1. The van der Waals surface area contributed by atoms with Crippen LogP contribution in [0.5, 0.6) is 0 Å². The van der Waals surface area contributed by atoms with E-state index in [2.05, 4.69) is 10.3 Å². The van der Waals surface area contributed by atoms with E-state index in [-0.39, 0.29) is 23.3 Å². The van der Waals surface area contributed by atoms with Gasteiger partial charge in [-0.05, 0) is 37.2 Å². The number of rotatable bonds is 7. The molecule has 2 heterocycles. The van der Waals surface area contributed by atoms with Gasteiger partial charge in [-0.15, -0.1) is 0 Å². The highest BCUT2D eigenvalue weighted by Gasteiger charge is 2.41. The molecule has 9 heteroatoms. The Balaban J connectivity index is 1.63. The van der Waals surface area contributed by atoms with Gasteiger partial charge in [0.2, 0.25) is 0 Å². The van der Waals surface area contributed by atoms with Crippen LogP contribution >= 0.6 is 0 Å². The minimum absolute atomic E-state index is 0.0263. The summed E-state index contributed by atoms with van der Waals surface area (Å²) in [6, 6.07) is 16.3. The summed E-state index contributed by atoms with van der Waals surface area (Å²) in [5.41, 5.74) is 0.108. The molecule has 0 bridgehead atoms. The minimum atomic E-state index is -4.67. The third kappa shape index (κ3) is 5.36. The van der Waals surface area contributed by atoms with Crippen LogP contribution in [-0.2, 0) is 22.3 Å². The number of likely N-dealkylation sites (N-methyl/N-ethyl adjacent to an activating group) is 1. The lowest BCUT2D eigenvalue weighted by Crippen LogP contribution is -2.32. The average Bonchev–Trinajstić information content (AvgIpc) is 2.83. The van der Waals surface area contributed by atoms with Crippen molar-refractivity contribution in [2.45, 2.75) is 25.6 Å². The molecular weight excluding hydrogens is 471 g/mol. The maximum atomic E-state index is 13.9. The van der Waals surface area contributed by atoms with Gasteiger partial charge < -0.3 is 15.0 Å². The second-order valence-corrected chi connectivity index (χ2v) is 8.68. The SMILES string of the molecule is CC1=C(C(=O)OCCN(C)Cc2ccccc2)C(c2ccccc2C(F)(F)F)c2c(cc[nH]c2=O)N1. The first-order valence-electron chi connectivity index (χ1n) is 11.4. The number of pyridine rings is 1. The number of carbonyl (C=O) groups excluding carboxylic acids is 1. The maximum Gasteiger partial charge on any atom is 0.416 e. The molecule has 188 valence electrons. The molecule has 2 N–H and O–H groups in total. The van der Waals surface area contributed by atoms with Gasteiger partial charge in [0, 0.05) is 30.7 Å². The Hall–Kier alpha value is -3.85. The molecule has 0 spiro atoms. The highest BCUT2D eigenvalue weighted by Crippen LogP contribution is 2.44. The molecule has 0 saturated heterocycles. The quantitative estimate of drug-likeness (QED) is 0.455. The Morgan fingerprint density at radius 3 is 2.47 bits per heavy atom. The number of carbonyl (C=O) groups is 1. The fraction of sp³-hybridized carbons (Fsp3) is 0.259. The Labute approximate surface area is 206 Å². The van der Waals surface area contributed by atoms with Gasteiger partial charge in [-0.25, -0.2) is 4.79 Å². The first-order chi connectivity index (χ1) is 17.2. The number of H-pyrrole nitrogens is 1. The number of fused-ring (bicyclic) bond motifs is 1. The number of alkyl halides is 3. The number of benzene rings is 2. The second-order valence-electron chi connectivity index (χ2n) is 8.68. The van der Waals surface area contributed by atoms with Gasteiger partial charge in [0.1, 0.15) is 6.61 Å². The number of hydrogen-bond donors (Lipinski definition) is 2. The lowest BCUT2D eigenvalue weighted by Gasteiger charge is -2.30. The lowest BCUT2D eigenvalue weighted by molar-refractivity contribution is -0.141. The molecule has 6 nitrogen and oxygen atoms in total. The van der Waals surface area contributed by atoms with Crippen molar-refractivity contribution in [1.82, 2.24) is 9.88 Å². The Bertz CT molecular complexity index is 1330. The summed E-state index contributed by atoms with van der Waals surface area (Å²) in [6.07, 6.45) is -3.27. The summed E-state index contributed by atoms with van der Waals surface area (Å²) < 4.78 is 47.3. The summed E-state index contributed by atoms with van der Waals surface area (Å²) >= 11 is 0. The molecule has 0 aliphatic carbocycles. The number of aromatic nitrogens is 1. The van der Waals surface area contributed by atoms with E-state index in [0.29, 0.717) is 24.5 Å². The van der Waals surface area contributed by atoms with Gasteiger partial charge in [-0.1, -0.05) is 48.5 Å². The summed E-state index contributed by atoms with van der Waals surface area (Å²) in [7, 11) is 1.88. The number of nitrogens with zero attached hydrogens (tertiary/aromatic N) is 1. The van der Waals surface area contributed by atoms with Crippen LogP contribution in [0.1, 0.15) is 35.1 Å². The van der Waals surface area contributed by atoms with Crippen LogP contribution in [-0.4, -0.2) is 36.1 Å². The van der Waals surface area contributed by atoms with Crippen LogP contribution in [0.3, 0.4) is 0 Å². The number of esters is 1. The topological polar surface area (TPSA) is 74.4 Å². The van der Waals surface area contributed by atoms with Crippen LogP contribution in [0.2, 0.25) is 0 Å². The highest BCUT2D eigenvalue weighted by atomic mass is 19.4. The monoisotopic (exact) mass is 497 g/mol. The van der Waals surface area contributed by atoms with E-state index in [1.54, 1.807) is 13.0 Å². The zero-order valence-corrected chi connectivity index (χ0v) is 19.9. The summed E-state index contributed by atoms with van der Waals surface area (Å²) in [5, 5.41) is 2.99. The van der Waals surface area contributed by atoms with Crippen LogP contribution < -0.4 is 10.9 Å². The van der Waals surface area contributed by atoms with Gasteiger partial charge in [0.05, 0.1) is 22.6 Å². The van der Waals surface area contributed by atoms with Crippen LogP contribution in [0.15, 0.2) is 82.9 Å². The molecule has 0 fully saturated rings. The Morgan fingerprint density at radius 1 is 1.06 bits per heavy atom. The van der Waals surface area contributed by atoms with E-state index >= 15 is 0 Å². The number of ether oxygens (including phenoxy) is 1. The second kappa shape index (κ2) is 10.4. The minimum Gasteiger partial charge on any atom is -0.461 e.